The Labute approximate surface area is 117 Å². The number of anilines is 1. The average molecular weight is 281 g/mol. The standard InChI is InChI=1S/C12H19N5O3/c1-4-16(7-8(2)3)12-10(11(13)15-18)5-9(6-14-12)17(19)20/h5-6,8,18H,4,7H2,1-3H3,(H2,13,15). The summed E-state index contributed by atoms with van der Waals surface area (Å²) in [4.78, 5) is 16.3. The molecule has 0 saturated heterocycles. The van der Waals surface area contributed by atoms with E-state index in [1.807, 2.05) is 11.8 Å². The predicted octanol–water partition coefficient (Wildman–Crippen LogP) is 1.57. The first-order chi connectivity index (χ1) is 9.40. The maximum absolute atomic E-state index is 10.8. The van der Waals surface area contributed by atoms with Crippen LogP contribution in [0.4, 0.5) is 11.5 Å². The largest absolute Gasteiger partial charge is 0.409 e. The number of amidine groups is 1. The number of aromatic nitrogens is 1. The van der Waals surface area contributed by atoms with Crippen LogP contribution in [-0.4, -0.2) is 34.0 Å². The van der Waals surface area contributed by atoms with Crippen LogP contribution in [0, 0.1) is 16.0 Å². The molecule has 0 fully saturated rings. The lowest BCUT2D eigenvalue weighted by Crippen LogP contribution is -2.31. The van der Waals surface area contributed by atoms with E-state index in [1.54, 1.807) is 0 Å². The number of rotatable bonds is 6. The number of nitrogens with zero attached hydrogens (tertiary/aromatic N) is 4. The number of nitrogens with two attached hydrogens (primary N) is 1. The lowest BCUT2D eigenvalue weighted by molar-refractivity contribution is -0.385. The van der Waals surface area contributed by atoms with Gasteiger partial charge in [0, 0.05) is 19.2 Å². The summed E-state index contributed by atoms with van der Waals surface area (Å²) in [7, 11) is 0. The normalized spacial score (nSPS) is 11.7. The summed E-state index contributed by atoms with van der Waals surface area (Å²) in [6, 6.07) is 1.26. The SMILES string of the molecule is CCN(CC(C)C)c1ncc([N+](=O)[O-])cc1C(N)=NO. The Morgan fingerprint density at radius 1 is 1.65 bits per heavy atom. The Kier molecular flexibility index (Phi) is 5.24. The quantitative estimate of drug-likeness (QED) is 0.268. The second-order valence-electron chi connectivity index (χ2n) is 4.74. The molecule has 0 bridgehead atoms. The molecule has 0 atom stereocenters. The van der Waals surface area contributed by atoms with E-state index in [1.165, 1.54) is 12.3 Å². The lowest BCUT2D eigenvalue weighted by Gasteiger charge is -2.25. The fraction of sp³-hybridized carbons (Fsp3) is 0.500. The molecule has 8 nitrogen and oxygen atoms in total. The zero-order chi connectivity index (χ0) is 15.3. The molecule has 0 aliphatic carbocycles. The van der Waals surface area contributed by atoms with Crippen molar-refractivity contribution in [3.63, 3.8) is 0 Å². The molecule has 0 unspecified atom stereocenters. The van der Waals surface area contributed by atoms with Crippen molar-refractivity contribution in [2.45, 2.75) is 20.8 Å². The zero-order valence-corrected chi connectivity index (χ0v) is 11.8. The molecule has 0 spiro atoms. The van der Waals surface area contributed by atoms with Gasteiger partial charge in [0.2, 0.25) is 0 Å². The Morgan fingerprint density at radius 3 is 2.75 bits per heavy atom. The van der Waals surface area contributed by atoms with Crippen molar-refractivity contribution in [3.8, 4) is 0 Å². The van der Waals surface area contributed by atoms with Gasteiger partial charge in [-0.2, -0.15) is 0 Å². The van der Waals surface area contributed by atoms with Gasteiger partial charge in [-0.1, -0.05) is 19.0 Å². The summed E-state index contributed by atoms with van der Waals surface area (Å²) < 4.78 is 0. The molecular formula is C12H19N5O3. The average Bonchev–Trinajstić information content (AvgIpc) is 2.43. The lowest BCUT2D eigenvalue weighted by atomic mass is 10.1. The Bertz CT molecular complexity index is 516. The molecular weight excluding hydrogens is 262 g/mol. The fourth-order valence-electron chi connectivity index (χ4n) is 1.85. The van der Waals surface area contributed by atoms with Gasteiger partial charge in [-0.25, -0.2) is 4.98 Å². The molecule has 0 radical (unpaired) electrons. The van der Waals surface area contributed by atoms with Gasteiger partial charge in [0.05, 0.1) is 10.5 Å². The van der Waals surface area contributed by atoms with Crippen molar-refractivity contribution in [1.29, 1.82) is 0 Å². The molecule has 1 aromatic heterocycles. The second-order valence-corrected chi connectivity index (χ2v) is 4.74. The van der Waals surface area contributed by atoms with E-state index in [9.17, 15) is 10.1 Å². The summed E-state index contributed by atoms with van der Waals surface area (Å²) in [5.41, 5.74) is 5.65. The van der Waals surface area contributed by atoms with Crippen molar-refractivity contribution in [2.75, 3.05) is 18.0 Å². The Hall–Kier alpha value is -2.38. The van der Waals surface area contributed by atoms with Crippen molar-refractivity contribution in [3.05, 3.63) is 27.9 Å². The summed E-state index contributed by atoms with van der Waals surface area (Å²) >= 11 is 0. The van der Waals surface area contributed by atoms with Crippen LogP contribution in [0.15, 0.2) is 17.4 Å². The van der Waals surface area contributed by atoms with Crippen molar-refractivity contribution in [1.82, 2.24) is 4.98 Å². The smallest absolute Gasteiger partial charge is 0.288 e. The van der Waals surface area contributed by atoms with Gasteiger partial charge in [-0.05, 0) is 12.8 Å². The van der Waals surface area contributed by atoms with Gasteiger partial charge in [0.15, 0.2) is 5.84 Å². The van der Waals surface area contributed by atoms with Gasteiger partial charge in [-0.15, -0.1) is 0 Å². The topological polar surface area (TPSA) is 118 Å². The molecule has 0 aromatic carbocycles. The number of oxime groups is 1. The van der Waals surface area contributed by atoms with E-state index in [2.05, 4.69) is 24.0 Å². The number of hydrogen-bond acceptors (Lipinski definition) is 6. The van der Waals surface area contributed by atoms with E-state index in [4.69, 9.17) is 10.9 Å². The minimum Gasteiger partial charge on any atom is -0.409 e. The molecule has 110 valence electrons. The minimum atomic E-state index is -0.566. The maximum atomic E-state index is 10.8. The zero-order valence-electron chi connectivity index (χ0n) is 11.8. The molecule has 1 rings (SSSR count). The molecule has 3 N–H and O–H groups in total. The Morgan fingerprint density at radius 2 is 2.30 bits per heavy atom. The predicted molar refractivity (Wildman–Crippen MR) is 76.1 cm³/mol. The first-order valence-electron chi connectivity index (χ1n) is 6.27. The summed E-state index contributed by atoms with van der Waals surface area (Å²) in [6.07, 6.45) is 1.17. The van der Waals surface area contributed by atoms with Crippen molar-refractivity contribution >= 4 is 17.3 Å². The highest BCUT2D eigenvalue weighted by Crippen LogP contribution is 2.23. The van der Waals surface area contributed by atoms with Crippen LogP contribution < -0.4 is 10.6 Å². The third-order valence-electron chi connectivity index (χ3n) is 2.71. The third-order valence-corrected chi connectivity index (χ3v) is 2.71. The van der Waals surface area contributed by atoms with E-state index in [0.717, 1.165) is 0 Å². The van der Waals surface area contributed by atoms with Crippen LogP contribution in [0.5, 0.6) is 0 Å². The van der Waals surface area contributed by atoms with Crippen molar-refractivity contribution < 1.29 is 10.1 Å². The molecule has 8 heteroatoms. The highest BCUT2D eigenvalue weighted by Gasteiger charge is 2.19. The van der Waals surface area contributed by atoms with E-state index >= 15 is 0 Å². The van der Waals surface area contributed by atoms with Gasteiger partial charge in [0.1, 0.15) is 12.0 Å². The maximum Gasteiger partial charge on any atom is 0.288 e. The second kappa shape index (κ2) is 6.69. The third kappa shape index (κ3) is 3.56. The van der Waals surface area contributed by atoms with Gasteiger partial charge < -0.3 is 15.8 Å². The van der Waals surface area contributed by atoms with Crippen LogP contribution >= 0.6 is 0 Å². The minimum absolute atomic E-state index is 0.196. The molecule has 0 saturated carbocycles. The highest BCUT2D eigenvalue weighted by atomic mass is 16.6. The summed E-state index contributed by atoms with van der Waals surface area (Å²) in [5.74, 6) is 0.660. The molecule has 0 aliphatic rings. The van der Waals surface area contributed by atoms with E-state index in [-0.39, 0.29) is 17.1 Å². The molecule has 0 amide bonds. The van der Waals surface area contributed by atoms with Gasteiger partial charge in [-0.3, -0.25) is 10.1 Å². The monoisotopic (exact) mass is 281 g/mol. The van der Waals surface area contributed by atoms with Crippen LogP contribution in [0.3, 0.4) is 0 Å². The van der Waals surface area contributed by atoms with E-state index in [0.29, 0.717) is 24.8 Å². The van der Waals surface area contributed by atoms with Crippen LogP contribution in [0.25, 0.3) is 0 Å². The number of nitro groups is 1. The number of hydrogen-bond donors (Lipinski definition) is 2. The van der Waals surface area contributed by atoms with Crippen LogP contribution in [-0.2, 0) is 0 Å². The molecule has 1 aromatic rings. The number of pyridine rings is 1. The highest BCUT2D eigenvalue weighted by molar-refractivity contribution is 6.01. The molecule has 20 heavy (non-hydrogen) atoms. The summed E-state index contributed by atoms with van der Waals surface area (Å²) in [5, 5.41) is 22.5. The fourth-order valence-corrected chi connectivity index (χ4v) is 1.85. The van der Waals surface area contributed by atoms with Gasteiger partial charge in [0.25, 0.3) is 5.69 Å². The van der Waals surface area contributed by atoms with E-state index < -0.39 is 4.92 Å². The molecule has 1 heterocycles. The first-order valence-corrected chi connectivity index (χ1v) is 6.27. The van der Waals surface area contributed by atoms with Crippen molar-refractivity contribution in [2.24, 2.45) is 16.8 Å². The van der Waals surface area contributed by atoms with Crippen LogP contribution in [0.1, 0.15) is 26.3 Å². The Balaban J connectivity index is 3.33. The molecule has 0 aliphatic heterocycles. The summed E-state index contributed by atoms with van der Waals surface area (Å²) in [6.45, 7) is 7.43. The van der Waals surface area contributed by atoms with Crippen LogP contribution in [0.2, 0.25) is 0 Å². The first kappa shape index (κ1) is 15.7. The van der Waals surface area contributed by atoms with Gasteiger partial charge >= 0.3 is 0 Å².